The summed E-state index contributed by atoms with van der Waals surface area (Å²) in [5.41, 5.74) is 2.69. The van der Waals surface area contributed by atoms with Crippen LogP contribution >= 0.6 is 0 Å². The SMILES string of the molecule is C=CC(=O)NC.CB1OCc2ccccc21.CC. The third kappa shape index (κ3) is 5.19. The molecule has 18 heavy (non-hydrogen) atoms. The van der Waals surface area contributed by atoms with Crippen LogP contribution in [0.2, 0.25) is 6.82 Å². The molecule has 1 heterocycles. The van der Waals surface area contributed by atoms with Crippen molar-refractivity contribution in [3.05, 3.63) is 42.5 Å². The molecule has 3 nitrogen and oxygen atoms in total. The summed E-state index contributed by atoms with van der Waals surface area (Å²) in [4.78, 5) is 9.95. The molecule has 0 bridgehead atoms. The highest BCUT2D eigenvalue weighted by Gasteiger charge is 2.21. The summed E-state index contributed by atoms with van der Waals surface area (Å²) in [6.07, 6.45) is 1.22. The van der Waals surface area contributed by atoms with Gasteiger partial charge in [0.2, 0.25) is 5.91 Å². The first-order chi connectivity index (χ1) is 8.69. The summed E-state index contributed by atoms with van der Waals surface area (Å²) in [5.74, 6) is -0.144. The maximum Gasteiger partial charge on any atom is 0.324 e. The molecule has 0 atom stereocenters. The standard InChI is InChI=1S/C8H9BO.C4H7NO.C2H6/c1-9-8-5-3-2-4-7(8)6-10-9;1-3-4(6)5-2;1-2/h2-5H,6H2,1H3;3H,1H2,2H3,(H,5,6);1-2H3. The van der Waals surface area contributed by atoms with E-state index >= 15 is 0 Å². The van der Waals surface area contributed by atoms with Crippen molar-refractivity contribution >= 4 is 18.3 Å². The van der Waals surface area contributed by atoms with Crippen LogP contribution in [0.4, 0.5) is 0 Å². The topological polar surface area (TPSA) is 38.3 Å². The second kappa shape index (κ2) is 9.48. The molecule has 1 aromatic carbocycles. The van der Waals surface area contributed by atoms with E-state index in [9.17, 15) is 4.79 Å². The maximum atomic E-state index is 9.95. The molecule has 0 aromatic heterocycles. The van der Waals surface area contributed by atoms with Crippen molar-refractivity contribution in [1.29, 1.82) is 0 Å². The van der Waals surface area contributed by atoms with Crippen LogP contribution in [-0.4, -0.2) is 19.9 Å². The molecule has 0 saturated carbocycles. The molecule has 0 fully saturated rings. The van der Waals surface area contributed by atoms with Gasteiger partial charge in [-0.2, -0.15) is 0 Å². The molecule has 4 heteroatoms. The van der Waals surface area contributed by atoms with Crippen LogP contribution in [0, 0.1) is 0 Å². The fourth-order valence-corrected chi connectivity index (χ4v) is 1.47. The summed E-state index contributed by atoms with van der Waals surface area (Å²) in [6, 6.07) is 8.37. The van der Waals surface area contributed by atoms with Gasteiger partial charge in [-0.25, -0.2) is 0 Å². The smallest absolute Gasteiger partial charge is 0.324 e. The predicted molar refractivity (Wildman–Crippen MR) is 78.1 cm³/mol. The van der Waals surface area contributed by atoms with Gasteiger partial charge in [-0.15, -0.1) is 0 Å². The molecule has 2 rings (SSSR count). The Morgan fingerprint density at radius 1 is 1.44 bits per heavy atom. The highest BCUT2D eigenvalue weighted by atomic mass is 16.4. The average Bonchev–Trinajstić information content (AvgIpc) is 2.83. The van der Waals surface area contributed by atoms with Crippen LogP contribution in [0.25, 0.3) is 0 Å². The van der Waals surface area contributed by atoms with Crippen molar-refractivity contribution in [3.63, 3.8) is 0 Å². The number of nitrogens with one attached hydrogen (secondary N) is 1. The van der Waals surface area contributed by atoms with Crippen LogP contribution < -0.4 is 10.8 Å². The molecular weight excluding hydrogens is 225 g/mol. The third-order valence-electron chi connectivity index (χ3n) is 2.41. The van der Waals surface area contributed by atoms with Crippen LogP contribution in [0.15, 0.2) is 36.9 Å². The van der Waals surface area contributed by atoms with Crippen LogP contribution in [-0.2, 0) is 16.1 Å². The van der Waals surface area contributed by atoms with E-state index in [0.717, 1.165) is 6.61 Å². The van der Waals surface area contributed by atoms with E-state index < -0.39 is 0 Å². The molecule has 0 spiro atoms. The van der Waals surface area contributed by atoms with Gasteiger partial charge in [0, 0.05) is 7.05 Å². The minimum atomic E-state index is -0.144. The lowest BCUT2D eigenvalue weighted by Gasteiger charge is -1.95. The second-order valence-electron chi connectivity index (χ2n) is 3.47. The van der Waals surface area contributed by atoms with Crippen molar-refractivity contribution in [2.75, 3.05) is 7.05 Å². The number of rotatable bonds is 1. The molecule has 98 valence electrons. The van der Waals surface area contributed by atoms with Gasteiger partial charge < -0.3 is 9.97 Å². The van der Waals surface area contributed by atoms with Gasteiger partial charge in [0.1, 0.15) is 0 Å². The fourth-order valence-electron chi connectivity index (χ4n) is 1.47. The monoisotopic (exact) mass is 247 g/mol. The second-order valence-corrected chi connectivity index (χ2v) is 3.47. The minimum Gasteiger partial charge on any atom is -0.427 e. The summed E-state index contributed by atoms with van der Waals surface area (Å²) < 4.78 is 5.42. The number of fused-ring (bicyclic) bond motifs is 1. The Morgan fingerprint density at radius 3 is 2.50 bits per heavy atom. The Balaban J connectivity index is 0.000000315. The molecule has 0 aliphatic carbocycles. The van der Waals surface area contributed by atoms with Gasteiger partial charge in [-0.3, -0.25) is 4.79 Å². The molecule has 1 aromatic rings. The predicted octanol–water partition coefficient (Wildman–Crippen LogP) is 1.99. The van der Waals surface area contributed by atoms with Crippen molar-refractivity contribution in [1.82, 2.24) is 5.32 Å². The van der Waals surface area contributed by atoms with E-state index in [-0.39, 0.29) is 5.91 Å². The number of hydrogen-bond donors (Lipinski definition) is 1. The van der Waals surface area contributed by atoms with Gasteiger partial charge in [0.15, 0.2) is 0 Å². The summed E-state index contributed by atoms with van der Waals surface area (Å²) >= 11 is 0. The van der Waals surface area contributed by atoms with Crippen molar-refractivity contribution in [2.45, 2.75) is 27.3 Å². The molecule has 1 aliphatic heterocycles. The highest BCUT2D eigenvalue weighted by molar-refractivity contribution is 6.67. The number of carbonyl (C=O) groups excluding carboxylic acids is 1. The molecule has 0 saturated heterocycles. The first-order valence-electron chi connectivity index (χ1n) is 6.22. The molecular formula is C14H22BNO2. The average molecular weight is 247 g/mol. The molecule has 0 radical (unpaired) electrons. The normalized spacial score (nSPS) is 11.2. The maximum absolute atomic E-state index is 9.95. The van der Waals surface area contributed by atoms with Crippen molar-refractivity contribution < 1.29 is 9.45 Å². The zero-order valence-electron chi connectivity index (χ0n) is 11.7. The van der Waals surface area contributed by atoms with E-state index in [4.69, 9.17) is 4.65 Å². The van der Waals surface area contributed by atoms with Gasteiger partial charge in [-0.05, 0) is 17.1 Å². The zero-order chi connectivity index (χ0) is 14.0. The molecule has 1 amide bonds. The van der Waals surface area contributed by atoms with Crippen LogP contribution in [0.1, 0.15) is 19.4 Å². The van der Waals surface area contributed by atoms with Gasteiger partial charge in [-0.1, -0.05) is 51.5 Å². The van der Waals surface area contributed by atoms with E-state index in [1.165, 1.54) is 17.1 Å². The summed E-state index contributed by atoms with van der Waals surface area (Å²) in [5, 5.41) is 2.36. The Labute approximate surface area is 110 Å². The lowest BCUT2D eigenvalue weighted by atomic mass is 9.64. The minimum absolute atomic E-state index is 0.144. The summed E-state index contributed by atoms with van der Waals surface area (Å²) in [7, 11) is 1.56. The Bertz CT molecular complexity index is 380. The van der Waals surface area contributed by atoms with E-state index in [1.807, 2.05) is 13.8 Å². The lowest BCUT2D eigenvalue weighted by Crippen LogP contribution is -2.23. The molecule has 1 aliphatic rings. The lowest BCUT2D eigenvalue weighted by molar-refractivity contribution is -0.116. The Kier molecular flexibility index (Phi) is 8.67. The largest absolute Gasteiger partial charge is 0.427 e. The zero-order valence-corrected chi connectivity index (χ0v) is 11.7. The van der Waals surface area contributed by atoms with E-state index in [1.54, 1.807) is 7.05 Å². The number of benzene rings is 1. The van der Waals surface area contributed by atoms with Crippen LogP contribution in [0.5, 0.6) is 0 Å². The van der Waals surface area contributed by atoms with Gasteiger partial charge in [0.05, 0.1) is 6.61 Å². The molecule has 1 N–H and O–H groups in total. The van der Waals surface area contributed by atoms with E-state index in [2.05, 4.69) is 43.0 Å². The van der Waals surface area contributed by atoms with Gasteiger partial charge in [0.25, 0.3) is 0 Å². The number of likely N-dealkylation sites (N-methyl/N-ethyl adjacent to an activating group) is 1. The Morgan fingerprint density at radius 2 is 2.06 bits per heavy atom. The van der Waals surface area contributed by atoms with Gasteiger partial charge >= 0.3 is 6.92 Å². The summed E-state index contributed by atoms with van der Waals surface area (Å²) in [6.45, 7) is 10.4. The number of hydrogen-bond acceptors (Lipinski definition) is 2. The first-order valence-corrected chi connectivity index (χ1v) is 6.22. The van der Waals surface area contributed by atoms with Crippen molar-refractivity contribution in [2.24, 2.45) is 0 Å². The van der Waals surface area contributed by atoms with Crippen molar-refractivity contribution in [3.8, 4) is 0 Å². The quantitative estimate of drug-likeness (QED) is 0.608. The van der Waals surface area contributed by atoms with E-state index in [0.29, 0.717) is 6.92 Å². The number of carbonyl (C=O) groups is 1. The Hall–Kier alpha value is -1.55. The molecule has 0 unspecified atom stereocenters. The number of amides is 1. The first kappa shape index (κ1) is 16.5. The van der Waals surface area contributed by atoms with Crippen LogP contribution in [0.3, 0.4) is 0 Å². The highest BCUT2D eigenvalue weighted by Crippen LogP contribution is 2.08. The third-order valence-corrected chi connectivity index (χ3v) is 2.41. The fraction of sp³-hybridized carbons (Fsp3) is 0.357.